The van der Waals surface area contributed by atoms with E-state index in [2.05, 4.69) is 5.32 Å². The van der Waals surface area contributed by atoms with Crippen LogP contribution in [0.15, 0.2) is 48.5 Å². The number of carbonyl (C=O) groups excluding carboxylic acids is 2. The lowest BCUT2D eigenvalue weighted by Crippen LogP contribution is -2.28. The smallest absolute Gasteiger partial charge is 0.229 e. The molecule has 126 valence electrons. The zero-order valence-electron chi connectivity index (χ0n) is 13.7. The molecule has 6 heteroatoms. The van der Waals surface area contributed by atoms with Gasteiger partial charge in [-0.3, -0.25) is 9.59 Å². The molecule has 1 aliphatic heterocycles. The second kappa shape index (κ2) is 7.05. The topological polar surface area (TPSA) is 82.4 Å². The molecule has 1 fully saturated rings. The van der Waals surface area contributed by atoms with Crippen LogP contribution in [0, 0.1) is 17.2 Å². The van der Waals surface area contributed by atoms with Crippen molar-refractivity contribution in [3.05, 3.63) is 54.1 Å². The normalized spacial score (nSPS) is 16.4. The third-order valence-electron chi connectivity index (χ3n) is 4.14. The van der Waals surface area contributed by atoms with Crippen molar-refractivity contribution >= 4 is 23.2 Å². The number of anilines is 2. The highest BCUT2D eigenvalue weighted by atomic mass is 16.5. The minimum Gasteiger partial charge on any atom is -0.497 e. The fraction of sp³-hybridized carbons (Fsp3) is 0.211. The summed E-state index contributed by atoms with van der Waals surface area (Å²) in [5.74, 6) is -0.0539. The highest BCUT2D eigenvalue weighted by Crippen LogP contribution is 2.28. The summed E-state index contributed by atoms with van der Waals surface area (Å²) >= 11 is 0. The van der Waals surface area contributed by atoms with Gasteiger partial charge in [-0.2, -0.15) is 5.26 Å². The first-order chi connectivity index (χ1) is 12.1. The number of nitrogens with zero attached hydrogens (tertiary/aromatic N) is 2. The number of hydrogen-bond donors (Lipinski definition) is 1. The molecule has 25 heavy (non-hydrogen) atoms. The lowest BCUT2D eigenvalue weighted by atomic mass is 10.1. The average molecular weight is 335 g/mol. The minimum absolute atomic E-state index is 0.0896. The van der Waals surface area contributed by atoms with Crippen LogP contribution in [0.25, 0.3) is 0 Å². The maximum absolute atomic E-state index is 12.4. The molecule has 1 aliphatic rings. The summed E-state index contributed by atoms with van der Waals surface area (Å²) in [4.78, 5) is 26.3. The Bertz CT molecular complexity index is 840. The van der Waals surface area contributed by atoms with Crippen LogP contribution >= 0.6 is 0 Å². The molecule has 1 atom stereocenters. The molecule has 0 bridgehead atoms. The van der Waals surface area contributed by atoms with Crippen LogP contribution in [0.4, 0.5) is 11.4 Å². The fourth-order valence-electron chi connectivity index (χ4n) is 2.78. The van der Waals surface area contributed by atoms with Crippen LogP contribution in [-0.4, -0.2) is 25.5 Å². The Morgan fingerprint density at radius 3 is 2.72 bits per heavy atom. The predicted octanol–water partition coefficient (Wildman–Crippen LogP) is 2.56. The molecule has 0 saturated carbocycles. The first-order valence-electron chi connectivity index (χ1n) is 7.86. The van der Waals surface area contributed by atoms with Gasteiger partial charge >= 0.3 is 0 Å². The number of nitriles is 1. The SMILES string of the molecule is COc1cccc(N2CC(C(=O)Nc3ccc(C#N)cc3)CC2=O)c1. The molecule has 0 aliphatic carbocycles. The van der Waals surface area contributed by atoms with E-state index >= 15 is 0 Å². The van der Waals surface area contributed by atoms with E-state index in [0.29, 0.717) is 23.5 Å². The van der Waals surface area contributed by atoms with Crippen molar-refractivity contribution < 1.29 is 14.3 Å². The summed E-state index contributed by atoms with van der Waals surface area (Å²) in [5.41, 5.74) is 1.85. The van der Waals surface area contributed by atoms with Gasteiger partial charge in [0.15, 0.2) is 0 Å². The molecule has 2 aromatic carbocycles. The van der Waals surface area contributed by atoms with E-state index in [0.717, 1.165) is 5.69 Å². The van der Waals surface area contributed by atoms with Gasteiger partial charge in [0.25, 0.3) is 0 Å². The second-order valence-electron chi connectivity index (χ2n) is 5.79. The Kier molecular flexibility index (Phi) is 4.66. The number of methoxy groups -OCH3 is 1. The van der Waals surface area contributed by atoms with Crippen molar-refractivity contribution in [2.24, 2.45) is 5.92 Å². The number of benzene rings is 2. The Hall–Kier alpha value is -3.33. The van der Waals surface area contributed by atoms with Crippen LogP contribution in [0.3, 0.4) is 0 Å². The van der Waals surface area contributed by atoms with Crippen LogP contribution < -0.4 is 15.0 Å². The molecular weight excluding hydrogens is 318 g/mol. The third-order valence-corrected chi connectivity index (χ3v) is 4.14. The molecule has 3 rings (SSSR count). The molecule has 0 aromatic heterocycles. The molecule has 1 saturated heterocycles. The van der Waals surface area contributed by atoms with Crippen LogP contribution in [-0.2, 0) is 9.59 Å². The Labute approximate surface area is 145 Å². The van der Waals surface area contributed by atoms with E-state index in [9.17, 15) is 9.59 Å². The molecule has 2 amide bonds. The van der Waals surface area contributed by atoms with Crippen LogP contribution in [0.5, 0.6) is 5.75 Å². The fourth-order valence-corrected chi connectivity index (χ4v) is 2.78. The maximum Gasteiger partial charge on any atom is 0.229 e. The van der Waals surface area contributed by atoms with Crippen LogP contribution in [0.2, 0.25) is 0 Å². The van der Waals surface area contributed by atoms with Gasteiger partial charge in [0.1, 0.15) is 5.75 Å². The minimum atomic E-state index is -0.422. The monoisotopic (exact) mass is 335 g/mol. The van der Waals surface area contributed by atoms with E-state index in [4.69, 9.17) is 10.00 Å². The largest absolute Gasteiger partial charge is 0.497 e. The Morgan fingerprint density at radius 2 is 2.04 bits per heavy atom. The van der Waals surface area contributed by atoms with E-state index in [-0.39, 0.29) is 18.2 Å². The van der Waals surface area contributed by atoms with Gasteiger partial charge < -0.3 is 15.0 Å². The van der Waals surface area contributed by atoms with Gasteiger partial charge in [0, 0.05) is 30.4 Å². The standard InChI is InChI=1S/C19H17N3O3/c1-25-17-4-2-3-16(10-17)22-12-14(9-18(22)23)19(24)21-15-7-5-13(11-20)6-8-15/h2-8,10,14H,9,12H2,1H3,(H,21,24). The van der Waals surface area contributed by atoms with Gasteiger partial charge in [-0.15, -0.1) is 0 Å². The summed E-state index contributed by atoms with van der Waals surface area (Å²) in [6, 6.07) is 15.9. The lowest BCUT2D eigenvalue weighted by molar-refractivity contribution is -0.122. The number of carbonyl (C=O) groups is 2. The van der Waals surface area contributed by atoms with Gasteiger partial charge in [-0.25, -0.2) is 0 Å². The predicted molar refractivity (Wildman–Crippen MR) is 93.2 cm³/mol. The number of rotatable bonds is 4. The molecule has 0 radical (unpaired) electrons. The van der Waals surface area contributed by atoms with Crippen molar-refractivity contribution in [3.63, 3.8) is 0 Å². The summed E-state index contributed by atoms with van der Waals surface area (Å²) in [7, 11) is 1.57. The molecular formula is C19H17N3O3. The highest BCUT2D eigenvalue weighted by molar-refractivity contribution is 6.03. The van der Waals surface area contributed by atoms with E-state index in [1.807, 2.05) is 18.2 Å². The summed E-state index contributed by atoms with van der Waals surface area (Å²) in [5, 5.41) is 11.6. The van der Waals surface area contributed by atoms with E-state index in [1.54, 1.807) is 48.4 Å². The molecule has 2 aromatic rings. The number of nitrogens with one attached hydrogen (secondary N) is 1. The first-order valence-corrected chi connectivity index (χ1v) is 7.86. The van der Waals surface area contributed by atoms with Crippen molar-refractivity contribution in [2.45, 2.75) is 6.42 Å². The summed E-state index contributed by atoms with van der Waals surface area (Å²) < 4.78 is 5.18. The average Bonchev–Trinajstić information content (AvgIpc) is 3.04. The summed E-state index contributed by atoms with van der Waals surface area (Å²) in [6.07, 6.45) is 0.166. The third kappa shape index (κ3) is 3.61. The van der Waals surface area contributed by atoms with Gasteiger partial charge in [-0.05, 0) is 36.4 Å². The van der Waals surface area contributed by atoms with E-state index < -0.39 is 5.92 Å². The first kappa shape index (κ1) is 16.5. The quantitative estimate of drug-likeness (QED) is 0.931. The maximum atomic E-state index is 12.4. The number of hydrogen-bond acceptors (Lipinski definition) is 4. The molecule has 1 N–H and O–H groups in total. The van der Waals surface area contributed by atoms with Crippen molar-refractivity contribution in [2.75, 3.05) is 23.9 Å². The second-order valence-corrected chi connectivity index (χ2v) is 5.79. The Morgan fingerprint density at radius 1 is 1.28 bits per heavy atom. The van der Waals surface area contributed by atoms with Gasteiger partial charge in [0.05, 0.1) is 24.7 Å². The Balaban J connectivity index is 1.68. The lowest BCUT2D eigenvalue weighted by Gasteiger charge is -2.17. The van der Waals surface area contributed by atoms with E-state index in [1.165, 1.54) is 0 Å². The summed E-state index contributed by atoms with van der Waals surface area (Å²) in [6.45, 7) is 0.327. The molecule has 1 unspecified atom stereocenters. The zero-order valence-corrected chi connectivity index (χ0v) is 13.7. The van der Waals surface area contributed by atoms with Crippen molar-refractivity contribution in [1.29, 1.82) is 5.26 Å². The van der Waals surface area contributed by atoms with Crippen molar-refractivity contribution in [1.82, 2.24) is 0 Å². The van der Waals surface area contributed by atoms with Gasteiger partial charge in [-0.1, -0.05) is 6.07 Å². The zero-order chi connectivity index (χ0) is 17.8. The number of ether oxygens (including phenoxy) is 1. The highest BCUT2D eigenvalue weighted by Gasteiger charge is 2.35. The van der Waals surface area contributed by atoms with Crippen LogP contribution in [0.1, 0.15) is 12.0 Å². The number of amides is 2. The van der Waals surface area contributed by atoms with Gasteiger partial charge in [0.2, 0.25) is 11.8 Å². The molecule has 0 spiro atoms. The molecule has 6 nitrogen and oxygen atoms in total. The molecule has 1 heterocycles. The van der Waals surface area contributed by atoms with Crippen molar-refractivity contribution in [3.8, 4) is 11.8 Å².